The van der Waals surface area contributed by atoms with E-state index >= 15 is 0 Å². The van der Waals surface area contributed by atoms with Crippen molar-refractivity contribution in [2.24, 2.45) is 5.41 Å². The Morgan fingerprint density at radius 2 is 1.58 bits per heavy atom. The molecule has 3 aromatic rings. The van der Waals surface area contributed by atoms with Crippen LogP contribution in [0.4, 0.5) is 23.1 Å². The van der Waals surface area contributed by atoms with Crippen LogP contribution in [0.3, 0.4) is 0 Å². The van der Waals surface area contributed by atoms with Gasteiger partial charge in [0, 0.05) is 17.8 Å². The fourth-order valence-electron chi connectivity index (χ4n) is 3.88. The molecule has 0 fully saturated rings. The number of nitrogens with zero attached hydrogens (tertiary/aromatic N) is 2. The van der Waals surface area contributed by atoms with Crippen molar-refractivity contribution in [2.75, 3.05) is 17.7 Å². The van der Waals surface area contributed by atoms with Gasteiger partial charge in [-0.3, -0.25) is 4.79 Å². The van der Waals surface area contributed by atoms with E-state index in [2.05, 4.69) is 48.5 Å². The Balaban J connectivity index is 1.72. The summed E-state index contributed by atoms with van der Waals surface area (Å²) in [5.74, 6) is 1.85. The maximum Gasteiger partial charge on any atom is 0.229 e. The summed E-state index contributed by atoms with van der Waals surface area (Å²) in [7, 11) is 1.63. The van der Waals surface area contributed by atoms with E-state index in [0.717, 1.165) is 35.7 Å². The van der Waals surface area contributed by atoms with E-state index in [4.69, 9.17) is 9.72 Å². The number of fused-ring (bicyclic) bond motifs is 1. The molecule has 1 aromatic heterocycles. The first-order valence-electron chi connectivity index (χ1n) is 10.6. The molecule has 4 rings (SSSR count). The number of carbonyl (C=O) groups is 1. The molecule has 2 N–H and O–H groups in total. The van der Waals surface area contributed by atoms with Gasteiger partial charge in [-0.05, 0) is 60.2 Å². The zero-order valence-corrected chi connectivity index (χ0v) is 18.5. The molecule has 6 nitrogen and oxygen atoms in total. The quantitative estimate of drug-likeness (QED) is 0.538. The highest BCUT2D eigenvalue weighted by Gasteiger charge is 2.35. The molecule has 0 bridgehead atoms. The lowest BCUT2D eigenvalue weighted by Crippen LogP contribution is -2.29. The Labute approximate surface area is 183 Å². The lowest BCUT2D eigenvalue weighted by atomic mass is 9.75. The van der Waals surface area contributed by atoms with Crippen molar-refractivity contribution in [1.82, 2.24) is 9.97 Å². The van der Waals surface area contributed by atoms with Gasteiger partial charge in [0.15, 0.2) is 5.78 Å². The summed E-state index contributed by atoms with van der Waals surface area (Å²) in [6, 6.07) is 15.8. The summed E-state index contributed by atoms with van der Waals surface area (Å²) in [4.78, 5) is 22.4. The molecule has 0 unspecified atom stereocenters. The number of methoxy groups -OCH3 is 1. The molecule has 0 spiro atoms. The molecule has 0 amide bonds. The molecule has 2 aromatic carbocycles. The maximum absolute atomic E-state index is 13.0. The van der Waals surface area contributed by atoms with Crippen LogP contribution in [-0.2, 0) is 12.8 Å². The molecule has 0 saturated carbocycles. The highest BCUT2D eigenvalue weighted by Crippen LogP contribution is 2.38. The largest absolute Gasteiger partial charge is 0.497 e. The predicted octanol–water partition coefficient (Wildman–Crippen LogP) is 5.69. The van der Waals surface area contributed by atoms with Gasteiger partial charge < -0.3 is 15.4 Å². The molecular formula is C25H28N4O2. The van der Waals surface area contributed by atoms with Gasteiger partial charge in [-0.25, -0.2) is 4.98 Å². The van der Waals surface area contributed by atoms with Crippen molar-refractivity contribution >= 4 is 28.9 Å². The summed E-state index contributed by atoms with van der Waals surface area (Å²) < 4.78 is 5.23. The van der Waals surface area contributed by atoms with Gasteiger partial charge in [-0.1, -0.05) is 32.9 Å². The van der Waals surface area contributed by atoms with Crippen molar-refractivity contribution < 1.29 is 9.53 Å². The highest BCUT2D eigenvalue weighted by molar-refractivity contribution is 6.03. The zero-order valence-electron chi connectivity index (χ0n) is 18.5. The van der Waals surface area contributed by atoms with Crippen LogP contribution in [0, 0.1) is 5.41 Å². The first kappa shape index (κ1) is 20.8. The third-order valence-electron chi connectivity index (χ3n) is 5.52. The molecule has 0 aliphatic heterocycles. The Hall–Kier alpha value is -3.41. The number of hydrogen-bond acceptors (Lipinski definition) is 6. The average Bonchev–Trinajstić information content (AvgIpc) is 2.73. The molecule has 1 heterocycles. The van der Waals surface area contributed by atoms with E-state index in [1.807, 2.05) is 36.4 Å². The van der Waals surface area contributed by atoms with Gasteiger partial charge in [-0.15, -0.1) is 0 Å². The number of aromatic nitrogens is 2. The third kappa shape index (κ3) is 4.68. The van der Waals surface area contributed by atoms with Gasteiger partial charge in [-0.2, -0.15) is 4.98 Å². The molecule has 160 valence electrons. The molecule has 31 heavy (non-hydrogen) atoms. The molecule has 1 aliphatic rings. The van der Waals surface area contributed by atoms with Crippen LogP contribution < -0.4 is 15.4 Å². The van der Waals surface area contributed by atoms with Gasteiger partial charge in [0.1, 0.15) is 11.6 Å². The number of rotatable bonds is 6. The Morgan fingerprint density at radius 1 is 0.935 bits per heavy atom. The zero-order chi connectivity index (χ0) is 22.0. The van der Waals surface area contributed by atoms with Crippen molar-refractivity contribution in [1.29, 1.82) is 0 Å². The lowest BCUT2D eigenvalue weighted by molar-refractivity contribution is 0.0911. The fourth-order valence-corrected chi connectivity index (χ4v) is 3.88. The van der Waals surface area contributed by atoms with Gasteiger partial charge in [0.05, 0.1) is 18.4 Å². The first-order chi connectivity index (χ1) is 14.9. The normalized spacial score (nSPS) is 14.6. The summed E-state index contributed by atoms with van der Waals surface area (Å²) in [6.45, 7) is 6.33. The standard InChI is InChI=1S/C25H28N4O2/c1-5-16-6-8-18(9-7-16)27-24-28-20-14-25(2,3)15-21(30)22(20)23(29-24)26-17-10-12-19(31-4)13-11-17/h6-13H,5,14-15H2,1-4H3,(H2,26,27,28,29). The number of Topliss-reactive ketones (excluding diaryl/α,β-unsaturated/α-hetero) is 1. The highest BCUT2D eigenvalue weighted by atomic mass is 16.5. The van der Waals surface area contributed by atoms with Crippen LogP contribution in [-0.4, -0.2) is 22.9 Å². The smallest absolute Gasteiger partial charge is 0.229 e. The number of aryl methyl sites for hydroxylation is 1. The Kier molecular flexibility index (Phi) is 5.63. The minimum Gasteiger partial charge on any atom is -0.497 e. The number of benzene rings is 2. The Bertz CT molecular complexity index is 1090. The van der Waals surface area contributed by atoms with Gasteiger partial charge >= 0.3 is 0 Å². The molecular weight excluding hydrogens is 388 g/mol. The van der Waals surface area contributed by atoms with Gasteiger partial charge in [0.25, 0.3) is 0 Å². The van der Waals surface area contributed by atoms with Crippen LogP contribution in [0.5, 0.6) is 5.75 Å². The summed E-state index contributed by atoms with van der Waals surface area (Å²) in [6.07, 6.45) is 2.19. The molecule has 6 heteroatoms. The first-order valence-corrected chi connectivity index (χ1v) is 10.6. The summed E-state index contributed by atoms with van der Waals surface area (Å²) in [5, 5.41) is 6.62. The second-order valence-corrected chi connectivity index (χ2v) is 8.69. The SMILES string of the molecule is CCc1ccc(Nc2nc3c(c(Nc4ccc(OC)cc4)n2)C(=O)CC(C)(C)C3)cc1. The minimum absolute atomic E-state index is 0.0705. The van der Waals surface area contributed by atoms with Crippen LogP contribution in [0.1, 0.15) is 48.8 Å². The maximum atomic E-state index is 13.0. The number of hydrogen-bond donors (Lipinski definition) is 2. The van der Waals surface area contributed by atoms with Crippen molar-refractivity contribution in [3.8, 4) is 5.75 Å². The number of ether oxygens (including phenoxy) is 1. The second kappa shape index (κ2) is 8.38. The van der Waals surface area contributed by atoms with Crippen molar-refractivity contribution in [2.45, 2.75) is 40.0 Å². The lowest BCUT2D eigenvalue weighted by Gasteiger charge is -2.30. The number of nitrogens with one attached hydrogen (secondary N) is 2. The monoisotopic (exact) mass is 416 g/mol. The van der Waals surface area contributed by atoms with E-state index in [9.17, 15) is 4.79 Å². The van der Waals surface area contributed by atoms with Crippen LogP contribution in [0.25, 0.3) is 0 Å². The van der Waals surface area contributed by atoms with Crippen LogP contribution in [0.2, 0.25) is 0 Å². The van der Waals surface area contributed by atoms with E-state index < -0.39 is 0 Å². The Morgan fingerprint density at radius 3 is 2.23 bits per heavy atom. The van der Waals surface area contributed by atoms with Crippen molar-refractivity contribution in [3.05, 3.63) is 65.4 Å². The van der Waals surface area contributed by atoms with Crippen molar-refractivity contribution in [3.63, 3.8) is 0 Å². The van der Waals surface area contributed by atoms with E-state index in [1.165, 1.54) is 5.56 Å². The second-order valence-electron chi connectivity index (χ2n) is 8.69. The molecule has 1 aliphatic carbocycles. The summed E-state index contributed by atoms with van der Waals surface area (Å²) in [5.41, 5.74) is 4.25. The number of carbonyl (C=O) groups excluding carboxylic acids is 1. The van der Waals surface area contributed by atoms with Crippen LogP contribution >= 0.6 is 0 Å². The third-order valence-corrected chi connectivity index (χ3v) is 5.52. The average molecular weight is 417 g/mol. The van der Waals surface area contributed by atoms with Crippen LogP contribution in [0.15, 0.2) is 48.5 Å². The van der Waals surface area contributed by atoms with E-state index in [0.29, 0.717) is 23.8 Å². The number of ketones is 1. The van der Waals surface area contributed by atoms with Gasteiger partial charge in [0.2, 0.25) is 5.95 Å². The van der Waals surface area contributed by atoms with E-state index in [-0.39, 0.29) is 11.2 Å². The number of anilines is 4. The van der Waals surface area contributed by atoms with E-state index in [1.54, 1.807) is 7.11 Å². The molecule has 0 saturated heterocycles. The topological polar surface area (TPSA) is 76.1 Å². The molecule has 0 atom stereocenters. The fraction of sp³-hybridized carbons (Fsp3) is 0.320. The minimum atomic E-state index is -0.129. The molecule has 0 radical (unpaired) electrons. The predicted molar refractivity (Wildman–Crippen MR) is 124 cm³/mol. The summed E-state index contributed by atoms with van der Waals surface area (Å²) >= 11 is 0.